The molecule has 6 nitrogen and oxygen atoms in total. The van der Waals surface area contributed by atoms with E-state index in [9.17, 15) is 9.59 Å². The molecular formula is C26H50N4O2. The topological polar surface area (TPSA) is 82.3 Å². The van der Waals surface area contributed by atoms with Gasteiger partial charge in [-0.2, -0.15) is 0 Å². The first-order valence-corrected chi connectivity index (χ1v) is 12.9. The molecule has 0 bridgehead atoms. The Morgan fingerprint density at radius 3 is 1.25 bits per heavy atom. The Morgan fingerprint density at radius 2 is 1.00 bits per heavy atom. The summed E-state index contributed by atoms with van der Waals surface area (Å²) in [4.78, 5) is 26.1. The van der Waals surface area contributed by atoms with E-state index in [4.69, 9.17) is 0 Å². The number of carbonyl (C=O) groups is 2. The molecule has 0 spiro atoms. The van der Waals surface area contributed by atoms with Gasteiger partial charge in [-0.15, -0.1) is 0 Å². The minimum absolute atomic E-state index is 0.0309. The molecule has 2 saturated heterocycles. The Bertz CT molecular complexity index is 641. The zero-order valence-electron chi connectivity index (χ0n) is 22.4. The van der Waals surface area contributed by atoms with E-state index in [1.54, 1.807) is 0 Å². The van der Waals surface area contributed by atoms with Crippen molar-refractivity contribution >= 4 is 11.8 Å². The summed E-state index contributed by atoms with van der Waals surface area (Å²) < 4.78 is 0. The Balaban J connectivity index is 2.14. The van der Waals surface area contributed by atoms with Crippen LogP contribution in [0.4, 0.5) is 0 Å². The first kappa shape index (κ1) is 27.1. The van der Waals surface area contributed by atoms with Crippen LogP contribution in [0.3, 0.4) is 0 Å². The second-order valence-electron chi connectivity index (χ2n) is 11.8. The van der Waals surface area contributed by atoms with E-state index in [1.807, 2.05) is 0 Å². The molecular weight excluding hydrogens is 400 g/mol. The summed E-state index contributed by atoms with van der Waals surface area (Å²) in [6.45, 7) is 22.0. The van der Waals surface area contributed by atoms with Gasteiger partial charge in [-0.05, 0) is 78.1 Å². The van der Waals surface area contributed by atoms with Crippen LogP contribution in [0, 0.1) is 11.8 Å². The SMILES string of the molecule is CCC1(C)CC(NC(=O)C(=O)NC2CC(C)(CC)NC(C)(CC)C2C)C(C)C(C)(CC)N1. The number of hydrogen-bond donors (Lipinski definition) is 4. The standard InChI is InChI=1S/C26H50N4O2/c1-11-23(7)15-19(17(5)25(9,13-3)29-23)27-21(31)22(32)28-20-16-24(8,12-2)30-26(10,14-4)18(20)6/h17-20,29-30H,11-16H2,1-10H3,(H,27,31)(H,28,32). The van der Waals surface area contributed by atoms with Gasteiger partial charge in [0, 0.05) is 34.2 Å². The van der Waals surface area contributed by atoms with E-state index in [-0.39, 0.29) is 46.1 Å². The molecule has 2 fully saturated rings. The monoisotopic (exact) mass is 450 g/mol. The van der Waals surface area contributed by atoms with Crippen LogP contribution >= 0.6 is 0 Å². The first-order valence-electron chi connectivity index (χ1n) is 12.9. The van der Waals surface area contributed by atoms with Crippen LogP contribution in [-0.2, 0) is 9.59 Å². The van der Waals surface area contributed by atoms with Crippen LogP contribution in [0.5, 0.6) is 0 Å². The second-order valence-corrected chi connectivity index (χ2v) is 11.8. The van der Waals surface area contributed by atoms with Crippen LogP contribution in [0.15, 0.2) is 0 Å². The van der Waals surface area contributed by atoms with Crippen molar-refractivity contribution in [2.24, 2.45) is 11.8 Å². The molecule has 0 saturated carbocycles. The van der Waals surface area contributed by atoms with Gasteiger partial charge in [-0.3, -0.25) is 9.59 Å². The third-order valence-electron chi connectivity index (χ3n) is 9.60. The largest absolute Gasteiger partial charge is 0.345 e. The molecule has 6 heteroatoms. The molecule has 0 aromatic rings. The predicted octanol–water partition coefficient (Wildman–Crippen LogP) is 3.89. The quantitative estimate of drug-likeness (QED) is 0.463. The maximum absolute atomic E-state index is 13.0. The number of carbonyl (C=O) groups excluding carboxylic acids is 2. The molecule has 8 unspecified atom stereocenters. The van der Waals surface area contributed by atoms with Gasteiger partial charge in [0.1, 0.15) is 0 Å². The van der Waals surface area contributed by atoms with Crippen LogP contribution in [0.2, 0.25) is 0 Å². The Labute approximate surface area is 196 Å². The molecule has 2 amide bonds. The summed E-state index contributed by atoms with van der Waals surface area (Å²) in [5, 5.41) is 13.9. The number of rotatable bonds is 6. The lowest BCUT2D eigenvalue weighted by molar-refractivity contribution is -0.141. The van der Waals surface area contributed by atoms with Gasteiger partial charge in [0.2, 0.25) is 0 Å². The fourth-order valence-corrected chi connectivity index (χ4v) is 6.03. The van der Waals surface area contributed by atoms with E-state index < -0.39 is 11.8 Å². The molecule has 32 heavy (non-hydrogen) atoms. The minimum Gasteiger partial charge on any atom is -0.345 e. The number of hydrogen-bond acceptors (Lipinski definition) is 4. The molecule has 2 aliphatic rings. The van der Waals surface area contributed by atoms with Crippen molar-refractivity contribution in [3.63, 3.8) is 0 Å². The maximum Gasteiger partial charge on any atom is 0.309 e. The smallest absolute Gasteiger partial charge is 0.309 e. The third kappa shape index (κ3) is 5.32. The van der Waals surface area contributed by atoms with Crippen molar-refractivity contribution in [1.82, 2.24) is 21.3 Å². The summed E-state index contributed by atoms with van der Waals surface area (Å²) in [6.07, 6.45) is 5.55. The molecule has 2 heterocycles. The molecule has 0 aromatic heterocycles. The van der Waals surface area contributed by atoms with Crippen molar-refractivity contribution in [2.75, 3.05) is 0 Å². The number of nitrogens with one attached hydrogen (secondary N) is 4. The highest BCUT2D eigenvalue weighted by atomic mass is 16.2. The average Bonchev–Trinajstić information content (AvgIpc) is 2.75. The third-order valence-corrected chi connectivity index (χ3v) is 9.60. The summed E-state index contributed by atoms with van der Waals surface area (Å²) in [6, 6.07) is -0.0617. The molecule has 186 valence electrons. The van der Waals surface area contributed by atoms with E-state index in [0.717, 1.165) is 38.5 Å². The molecule has 0 aromatic carbocycles. The molecule has 4 N–H and O–H groups in total. The van der Waals surface area contributed by atoms with Crippen LogP contribution in [0.1, 0.15) is 108 Å². The van der Waals surface area contributed by atoms with Crippen LogP contribution in [-0.4, -0.2) is 46.1 Å². The van der Waals surface area contributed by atoms with Gasteiger partial charge in [-0.1, -0.05) is 41.5 Å². The highest BCUT2D eigenvalue weighted by molar-refractivity contribution is 6.35. The van der Waals surface area contributed by atoms with E-state index in [2.05, 4.69) is 90.5 Å². The van der Waals surface area contributed by atoms with Gasteiger partial charge >= 0.3 is 11.8 Å². The Kier molecular flexibility index (Phi) is 8.14. The lowest BCUT2D eigenvalue weighted by Crippen LogP contribution is -2.70. The normalized spacial score (nSPS) is 44.7. The highest BCUT2D eigenvalue weighted by Gasteiger charge is 2.49. The summed E-state index contributed by atoms with van der Waals surface area (Å²) >= 11 is 0. The zero-order chi connectivity index (χ0) is 24.5. The average molecular weight is 451 g/mol. The summed E-state index contributed by atoms with van der Waals surface area (Å²) in [5.41, 5.74) is -0.262. The molecule has 0 aliphatic carbocycles. The maximum atomic E-state index is 13.0. The minimum atomic E-state index is -0.497. The fraction of sp³-hybridized carbons (Fsp3) is 0.923. The summed E-state index contributed by atoms with van der Waals surface area (Å²) in [7, 11) is 0. The van der Waals surface area contributed by atoms with E-state index in [0.29, 0.717) is 0 Å². The van der Waals surface area contributed by atoms with Crippen molar-refractivity contribution in [3.8, 4) is 0 Å². The second kappa shape index (κ2) is 9.61. The molecule has 2 aliphatic heterocycles. The first-order chi connectivity index (χ1) is 14.7. The van der Waals surface area contributed by atoms with Crippen molar-refractivity contribution in [1.29, 1.82) is 0 Å². The highest BCUT2D eigenvalue weighted by Crippen LogP contribution is 2.38. The number of amides is 2. The van der Waals surface area contributed by atoms with Gasteiger partial charge < -0.3 is 21.3 Å². The van der Waals surface area contributed by atoms with Gasteiger partial charge in [0.05, 0.1) is 0 Å². The Hall–Kier alpha value is -1.14. The van der Waals surface area contributed by atoms with Gasteiger partial charge in [0.25, 0.3) is 0 Å². The van der Waals surface area contributed by atoms with Gasteiger partial charge in [-0.25, -0.2) is 0 Å². The molecule has 8 atom stereocenters. The Morgan fingerprint density at radius 1 is 0.688 bits per heavy atom. The van der Waals surface area contributed by atoms with E-state index >= 15 is 0 Å². The number of piperidine rings is 2. The van der Waals surface area contributed by atoms with Crippen molar-refractivity contribution in [2.45, 2.75) is 142 Å². The lowest BCUT2D eigenvalue weighted by atomic mass is 9.68. The summed E-state index contributed by atoms with van der Waals surface area (Å²) in [5.74, 6) is -0.535. The lowest BCUT2D eigenvalue weighted by Gasteiger charge is -2.54. The van der Waals surface area contributed by atoms with E-state index in [1.165, 1.54) is 0 Å². The molecule has 2 rings (SSSR count). The van der Waals surface area contributed by atoms with Crippen LogP contribution in [0.25, 0.3) is 0 Å². The molecule has 0 radical (unpaired) electrons. The van der Waals surface area contributed by atoms with Crippen LogP contribution < -0.4 is 21.3 Å². The van der Waals surface area contributed by atoms with Crippen molar-refractivity contribution < 1.29 is 9.59 Å². The predicted molar refractivity (Wildman–Crippen MR) is 132 cm³/mol. The fourth-order valence-electron chi connectivity index (χ4n) is 6.03. The zero-order valence-corrected chi connectivity index (χ0v) is 22.4. The van der Waals surface area contributed by atoms with Gasteiger partial charge in [0.15, 0.2) is 0 Å². The van der Waals surface area contributed by atoms with Crippen molar-refractivity contribution in [3.05, 3.63) is 0 Å².